The maximum atomic E-state index is 12.0. The Bertz CT molecular complexity index is 506. The van der Waals surface area contributed by atoms with Crippen LogP contribution < -0.4 is 14.8 Å². The van der Waals surface area contributed by atoms with E-state index >= 15 is 0 Å². The molecule has 3 rings (SSSR count). The van der Waals surface area contributed by atoms with E-state index in [1.807, 2.05) is 4.90 Å². The Hall–Kier alpha value is -1.79. The number of benzene rings is 1. The van der Waals surface area contributed by atoms with Gasteiger partial charge >= 0.3 is 0 Å². The monoisotopic (exact) mass is 278 g/mol. The summed E-state index contributed by atoms with van der Waals surface area (Å²) >= 11 is 0. The van der Waals surface area contributed by atoms with Gasteiger partial charge in [-0.3, -0.25) is 9.69 Å². The molecule has 1 saturated heterocycles. The van der Waals surface area contributed by atoms with E-state index in [-0.39, 0.29) is 25.3 Å². The first-order chi connectivity index (χ1) is 9.76. The van der Waals surface area contributed by atoms with Gasteiger partial charge in [0.15, 0.2) is 11.5 Å². The summed E-state index contributed by atoms with van der Waals surface area (Å²) in [5, 5.41) is 12.1. The number of nitrogens with one attached hydrogen (secondary N) is 1. The second-order valence-electron chi connectivity index (χ2n) is 5.07. The fraction of sp³-hybridized carbons (Fsp3) is 0.500. The van der Waals surface area contributed by atoms with Crippen LogP contribution in [-0.4, -0.2) is 48.4 Å². The van der Waals surface area contributed by atoms with Gasteiger partial charge in [0.05, 0.1) is 13.2 Å². The van der Waals surface area contributed by atoms with E-state index in [2.05, 4.69) is 5.32 Å². The Morgan fingerprint density at radius 3 is 3.10 bits per heavy atom. The lowest BCUT2D eigenvalue weighted by molar-refractivity contribution is -0.117. The molecule has 2 N–H and O–H groups in total. The molecule has 6 nitrogen and oxygen atoms in total. The molecule has 0 aromatic heterocycles. The average Bonchev–Trinajstić information content (AvgIpc) is 3.06. The summed E-state index contributed by atoms with van der Waals surface area (Å²) < 4.78 is 10.5. The third-order valence-electron chi connectivity index (χ3n) is 3.71. The van der Waals surface area contributed by atoms with E-state index in [0.29, 0.717) is 23.7 Å². The van der Waals surface area contributed by atoms with Crippen molar-refractivity contribution >= 4 is 11.6 Å². The Labute approximate surface area is 117 Å². The second kappa shape index (κ2) is 5.68. The molecule has 20 heavy (non-hydrogen) atoms. The van der Waals surface area contributed by atoms with E-state index in [0.717, 1.165) is 19.4 Å². The van der Waals surface area contributed by atoms with Gasteiger partial charge in [-0.2, -0.15) is 0 Å². The van der Waals surface area contributed by atoms with Gasteiger partial charge in [-0.25, -0.2) is 0 Å². The molecular weight excluding hydrogens is 260 g/mol. The second-order valence-corrected chi connectivity index (χ2v) is 5.07. The molecule has 2 aliphatic rings. The molecule has 0 bridgehead atoms. The Balaban J connectivity index is 1.59. The molecule has 108 valence electrons. The Morgan fingerprint density at radius 1 is 1.40 bits per heavy atom. The zero-order valence-electron chi connectivity index (χ0n) is 11.2. The quantitative estimate of drug-likeness (QED) is 0.853. The lowest BCUT2D eigenvalue weighted by Gasteiger charge is -2.21. The first-order valence-corrected chi connectivity index (χ1v) is 6.80. The van der Waals surface area contributed by atoms with Crippen LogP contribution in [0.2, 0.25) is 0 Å². The van der Waals surface area contributed by atoms with E-state index < -0.39 is 0 Å². The predicted molar refractivity (Wildman–Crippen MR) is 72.9 cm³/mol. The summed E-state index contributed by atoms with van der Waals surface area (Å²) in [6.45, 7) is 1.50. The van der Waals surface area contributed by atoms with Gasteiger partial charge in [0.1, 0.15) is 0 Å². The normalized spacial score (nSPS) is 21.1. The largest absolute Gasteiger partial charge is 0.454 e. The first kappa shape index (κ1) is 13.2. The summed E-state index contributed by atoms with van der Waals surface area (Å²) in [6.07, 6.45) is 1.98. The smallest absolute Gasteiger partial charge is 0.238 e. The molecule has 1 aromatic rings. The van der Waals surface area contributed by atoms with Crippen molar-refractivity contribution in [2.24, 2.45) is 0 Å². The standard InChI is InChI=1S/C14H18N2O4/c17-8-11-2-1-5-16(11)7-14(18)15-10-3-4-12-13(6-10)20-9-19-12/h3-4,6,11,17H,1-2,5,7-9H2,(H,15,18). The summed E-state index contributed by atoms with van der Waals surface area (Å²) in [5.74, 6) is 1.27. The molecule has 1 aromatic carbocycles. The van der Waals surface area contributed by atoms with Gasteiger partial charge in [-0.15, -0.1) is 0 Å². The highest BCUT2D eigenvalue weighted by molar-refractivity contribution is 5.92. The van der Waals surface area contributed by atoms with Crippen molar-refractivity contribution in [3.63, 3.8) is 0 Å². The molecule has 1 unspecified atom stereocenters. The number of carbonyl (C=O) groups is 1. The van der Waals surface area contributed by atoms with E-state index in [1.165, 1.54) is 0 Å². The number of carbonyl (C=O) groups excluding carboxylic acids is 1. The van der Waals surface area contributed by atoms with Gasteiger partial charge in [0, 0.05) is 17.8 Å². The molecule has 0 aliphatic carbocycles. The summed E-state index contributed by atoms with van der Waals surface area (Å²) in [6, 6.07) is 5.44. The highest BCUT2D eigenvalue weighted by atomic mass is 16.7. The Morgan fingerprint density at radius 2 is 2.25 bits per heavy atom. The summed E-state index contributed by atoms with van der Waals surface area (Å²) in [5.41, 5.74) is 0.694. The van der Waals surface area contributed by atoms with Gasteiger partial charge < -0.3 is 19.9 Å². The number of hydrogen-bond donors (Lipinski definition) is 2. The van der Waals surface area contributed by atoms with Crippen LogP contribution >= 0.6 is 0 Å². The number of amides is 1. The van der Waals surface area contributed by atoms with Crippen molar-refractivity contribution < 1.29 is 19.4 Å². The molecule has 1 fully saturated rings. The maximum Gasteiger partial charge on any atom is 0.238 e. The minimum atomic E-state index is -0.0794. The molecule has 0 spiro atoms. The Kier molecular flexibility index (Phi) is 3.75. The lowest BCUT2D eigenvalue weighted by Crippen LogP contribution is -2.38. The molecule has 6 heteroatoms. The van der Waals surface area contributed by atoms with Crippen LogP contribution in [0.1, 0.15) is 12.8 Å². The van der Waals surface area contributed by atoms with Gasteiger partial charge in [-0.1, -0.05) is 0 Å². The first-order valence-electron chi connectivity index (χ1n) is 6.80. The number of fused-ring (bicyclic) bond motifs is 1. The zero-order chi connectivity index (χ0) is 13.9. The van der Waals surface area contributed by atoms with Gasteiger partial charge in [-0.05, 0) is 31.5 Å². The molecular formula is C14H18N2O4. The molecule has 0 radical (unpaired) electrons. The van der Waals surface area contributed by atoms with Crippen LogP contribution in [0.15, 0.2) is 18.2 Å². The molecule has 0 saturated carbocycles. The highest BCUT2D eigenvalue weighted by Crippen LogP contribution is 2.34. The highest BCUT2D eigenvalue weighted by Gasteiger charge is 2.25. The SMILES string of the molecule is O=C(CN1CCCC1CO)Nc1ccc2c(c1)OCO2. The van der Waals surface area contributed by atoms with Crippen LogP contribution in [0.5, 0.6) is 11.5 Å². The van der Waals surface area contributed by atoms with E-state index in [9.17, 15) is 9.90 Å². The fourth-order valence-electron chi connectivity index (χ4n) is 2.67. The topological polar surface area (TPSA) is 71.0 Å². The van der Waals surface area contributed by atoms with Crippen molar-refractivity contribution in [3.05, 3.63) is 18.2 Å². The molecule has 2 aliphatic heterocycles. The number of ether oxygens (including phenoxy) is 2. The number of anilines is 1. The number of nitrogens with zero attached hydrogens (tertiary/aromatic N) is 1. The van der Waals surface area contributed by atoms with Crippen LogP contribution in [0.25, 0.3) is 0 Å². The number of aliphatic hydroxyl groups excluding tert-OH is 1. The number of hydrogen-bond acceptors (Lipinski definition) is 5. The van der Waals surface area contributed by atoms with Gasteiger partial charge in [0.2, 0.25) is 12.7 Å². The summed E-state index contributed by atoms with van der Waals surface area (Å²) in [7, 11) is 0. The van der Waals surface area contributed by atoms with Crippen molar-refractivity contribution in [3.8, 4) is 11.5 Å². The van der Waals surface area contributed by atoms with Crippen LogP contribution in [0, 0.1) is 0 Å². The fourth-order valence-corrected chi connectivity index (χ4v) is 2.67. The minimum Gasteiger partial charge on any atom is -0.454 e. The lowest BCUT2D eigenvalue weighted by atomic mass is 10.2. The minimum absolute atomic E-state index is 0.0794. The van der Waals surface area contributed by atoms with Gasteiger partial charge in [0.25, 0.3) is 0 Å². The average molecular weight is 278 g/mol. The molecule has 2 heterocycles. The number of aliphatic hydroxyl groups is 1. The van der Waals surface area contributed by atoms with Crippen molar-refractivity contribution in [1.29, 1.82) is 0 Å². The van der Waals surface area contributed by atoms with Crippen molar-refractivity contribution in [1.82, 2.24) is 4.90 Å². The number of likely N-dealkylation sites (tertiary alicyclic amines) is 1. The van der Waals surface area contributed by atoms with Crippen LogP contribution in [0.4, 0.5) is 5.69 Å². The number of rotatable bonds is 4. The van der Waals surface area contributed by atoms with E-state index in [1.54, 1.807) is 18.2 Å². The van der Waals surface area contributed by atoms with Crippen LogP contribution in [0.3, 0.4) is 0 Å². The van der Waals surface area contributed by atoms with Crippen molar-refractivity contribution in [2.75, 3.05) is 31.8 Å². The zero-order valence-corrected chi connectivity index (χ0v) is 11.2. The maximum absolute atomic E-state index is 12.0. The van der Waals surface area contributed by atoms with E-state index in [4.69, 9.17) is 9.47 Å². The van der Waals surface area contributed by atoms with Crippen molar-refractivity contribution in [2.45, 2.75) is 18.9 Å². The molecule has 1 atom stereocenters. The third-order valence-corrected chi connectivity index (χ3v) is 3.71. The van der Waals surface area contributed by atoms with Crippen LogP contribution in [-0.2, 0) is 4.79 Å². The molecule has 1 amide bonds. The third kappa shape index (κ3) is 2.71. The predicted octanol–water partition coefficient (Wildman–Crippen LogP) is 0.810. The summed E-state index contributed by atoms with van der Waals surface area (Å²) in [4.78, 5) is 14.0.